The van der Waals surface area contributed by atoms with Gasteiger partial charge in [0.1, 0.15) is 11.6 Å². The number of carbonyl (C=O) groups excluding carboxylic acids is 1. The Morgan fingerprint density at radius 3 is 2.41 bits per heavy atom. The fourth-order valence-electron chi connectivity index (χ4n) is 1.60. The summed E-state index contributed by atoms with van der Waals surface area (Å²) in [6.07, 6.45) is 0.871. The largest absolute Gasteiger partial charge is 0.370 e. The molecule has 3 nitrogen and oxygen atoms in total. The van der Waals surface area contributed by atoms with Gasteiger partial charge >= 0.3 is 0 Å². The minimum absolute atomic E-state index is 0.0168. The molecule has 0 saturated heterocycles. The van der Waals surface area contributed by atoms with Crippen LogP contribution in [0.15, 0.2) is 18.2 Å². The van der Waals surface area contributed by atoms with E-state index >= 15 is 0 Å². The number of primary amides is 1. The fraction of sp³-hybridized carbons (Fsp3) is 0.417. The van der Waals surface area contributed by atoms with Crippen molar-refractivity contribution in [1.29, 1.82) is 0 Å². The van der Waals surface area contributed by atoms with Gasteiger partial charge in [0, 0.05) is 18.5 Å². The minimum Gasteiger partial charge on any atom is -0.370 e. The molecule has 1 amide bonds. The topological polar surface area (TPSA) is 55.1 Å². The molecule has 0 heterocycles. The summed E-state index contributed by atoms with van der Waals surface area (Å²) in [4.78, 5) is 10.9. The zero-order valence-electron chi connectivity index (χ0n) is 9.67. The number of hydrogen-bond acceptors (Lipinski definition) is 2. The lowest BCUT2D eigenvalue weighted by Crippen LogP contribution is -2.27. The molecule has 0 aliphatic heterocycles. The highest BCUT2D eigenvalue weighted by molar-refractivity contribution is 5.74. The lowest BCUT2D eigenvalue weighted by molar-refractivity contribution is -0.118. The molecule has 0 aromatic heterocycles. The normalized spacial score (nSPS) is 12.4. The molecule has 5 heteroatoms. The summed E-state index contributed by atoms with van der Waals surface area (Å²) in [5, 5.41) is 3.04. The molecule has 0 aliphatic rings. The molecule has 1 aromatic rings. The van der Waals surface area contributed by atoms with Crippen LogP contribution in [0.3, 0.4) is 0 Å². The van der Waals surface area contributed by atoms with Crippen LogP contribution in [0.4, 0.5) is 8.78 Å². The van der Waals surface area contributed by atoms with E-state index in [1.165, 1.54) is 12.1 Å². The summed E-state index contributed by atoms with van der Waals surface area (Å²) in [7, 11) is 0. The van der Waals surface area contributed by atoms with Crippen LogP contribution < -0.4 is 11.1 Å². The number of halogens is 2. The molecule has 0 radical (unpaired) electrons. The van der Waals surface area contributed by atoms with Crippen LogP contribution in [0.5, 0.6) is 0 Å². The zero-order chi connectivity index (χ0) is 12.8. The molecular weight excluding hydrogens is 226 g/mol. The van der Waals surface area contributed by atoms with Crippen molar-refractivity contribution in [3.63, 3.8) is 0 Å². The molecule has 0 saturated carbocycles. The second-order valence-electron chi connectivity index (χ2n) is 3.88. The highest BCUT2D eigenvalue weighted by atomic mass is 19.1. The van der Waals surface area contributed by atoms with Crippen LogP contribution in [0.1, 0.15) is 31.4 Å². The predicted octanol–water partition coefficient (Wildman–Crippen LogP) is 1.88. The third-order valence-electron chi connectivity index (χ3n) is 2.33. The first-order valence-corrected chi connectivity index (χ1v) is 5.50. The minimum atomic E-state index is -0.659. The van der Waals surface area contributed by atoms with Crippen molar-refractivity contribution in [2.24, 2.45) is 5.73 Å². The van der Waals surface area contributed by atoms with E-state index in [9.17, 15) is 13.6 Å². The first-order valence-electron chi connectivity index (χ1n) is 5.50. The second-order valence-corrected chi connectivity index (χ2v) is 3.88. The monoisotopic (exact) mass is 242 g/mol. The maximum atomic E-state index is 13.1. The maximum absolute atomic E-state index is 13.1. The smallest absolute Gasteiger partial charge is 0.219 e. The van der Waals surface area contributed by atoms with E-state index in [1.807, 2.05) is 6.92 Å². The summed E-state index contributed by atoms with van der Waals surface area (Å²) in [6, 6.07) is 2.77. The van der Waals surface area contributed by atoms with Crippen LogP contribution in [0.25, 0.3) is 0 Å². The van der Waals surface area contributed by atoms with Gasteiger partial charge in [-0.15, -0.1) is 0 Å². The maximum Gasteiger partial charge on any atom is 0.219 e. The fourth-order valence-corrected chi connectivity index (χ4v) is 1.60. The van der Waals surface area contributed by atoms with Gasteiger partial charge in [0.25, 0.3) is 0 Å². The van der Waals surface area contributed by atoms with Crippen LogP contribution in [-0.2, 0) is 4.79 Å². The molecular formula is C12H16F2N2O. The van der Waals surface area contributed by atoms with E-state index in [2.05, 4.69) is 5.32 Å². The van der Waals surface area contributed by atoms with E-state index < -0.39 is 23.6 Å². The van der Waals surface area contributed by atoms with E-state index in [0.717, 1.165) is 12.5 Å². The van der Waals surface area contributed by atoms with E-state index in [0.29, 0.717) is 12.1 Å². The highest BCUT2D eigenvalue weighted by Gasteiger charge is 2.15. The van der Waals surface area contributed by atoms with Gasteiger partial charge in [-0.3, -0.25) is 4.79 Å². The number of hydrogen-bond donors (Lipinski definition) is 2. The zero-order valence-corrected chi connectivity index (χ0v) is 9.67. The van der Waals surface area contributed by atoms with Gasteiger partial charge in [-0.05, 0) is 30.7 Å². The summed E-state index contributed by atoms with van der Waals surface area (Å²) in [6.45, 7) is 2.61. The molecule has 94 valence electrons. The third kappa shape index (κ3) is 4.48. The van der Waals surface area contributed by atoms with Gasteiger partial charge in [0.05, 0.1) is 0 Å². The van der Waals surface area contributed by atoms with Crippen LogP contribution in [0, 0.1) is 11.6 Å². The molecule has 0 fully saturated rings. The van der Waals surface area contributed by atoms with Crippen molar-refractivity contribution in [3.8, 4) is 0 Å². The van der Waals surface area contributed by atoms with Gasteiger partial charge in [0.2, 0.25) is 5.91 Å². The average Bonchev–Trinajstić information content (AvgIpc) is 2.22. The van der Waals surface area contributed by atoms with Gasteiger partial charge < -0.3 is 11.1 Å². The van der Waals surface area contributed by atoms with Crippen molar-refractivity contribution in [2.75, 3.05) is 6.54 Å². The summed E-state index contributed by atoms with van der Waals surface area (Å²) < 4.78 is 26.1. The lowest BCUT2D eigenvalue weighted by Gasteiger charge is -2.17. The van der Waals surface area contributed by atoms with E-state index in [-0.39, 0.29) is 6.42 Å². The van der Waals surface area contributed by atoms with Crippen LogP contribution in [0.2, 0.25) is 0 Å². The molecule has 17 heavy (non-hydrogen) atoms. The standard InChI is InChI=1S/C12H16F2N2O/c1-2-3-16-11(7-12(15)17)8-4-9(13)6-10(14)5-8/h4-6,11,16H,2-3,7H2,1H3,(H2,15,17). The quantitative estimate of drug-likeness (QED) is 0.800. The number of amides is 1. The Kier molecular flexibility index (Phi) is 5.03. The summed E-state index contributed by atoms with van der Waals surface area (Å²) in [5.41, 5.74) is 5.51. The van der Waals surface area contributed by atoms with Crippen molar-refractivity contribution >= 4 is 5.91 Å². The van der Waals surface area contributed by atoms with E-state index in [4.69, 9.17) is 5.73 Å². The van der Waals surface area contributed by atoms with Crippen molar-refractivity contribution in [2.45, 2.75) is 25.8 Å². The van der Waals surface area contributed by atoms with Gasteiger partial charge in [-0.25, -0.2) is 8.78 Å². The molecule has 1 rings (SSSR count). The van der Waals surface area contributed by atoms with Gasteiger partial charge in [0.15, 0.2) is 0 Å². The molecule has 1 aromatic carbocycles. The van der Waals surface area contributed by atoms with Crippen molar-refractivity contribution in [3.05, 3.63) is 35.4 Å². The summed E-state index contributed by atoms with van der Waals surface area (Å²) in [5.74, 6) is -1.83. The van der Waals surface area contributed by atoms with Gasteiger partial charge in [-0.1, -0.05) is 6.92 Å². The summed E-state index contributed by atoms with van der Waals surface area (Å²) >= 11 is 0. The van der Waals surface area contributed by atoms with Crippen molar-refractivity contribution in [1.82, 2.24) is 5.32 Å². The molecule has 0 bridgehead atoms. The number of carbonyl (C=O) groups is 1. The molecule has 0 aliphatic carbocycles. The SMILES string of the molecule is CCCNC(CC(N)=O)c1cc(F)cc(F)c1. The Hall–Kier alpha value is -1.49. The Morgan fingerprint density at radius 1 is 1.35 bits per heavy atom. The second kappa shape index (κ2) is 6.30. The lowest BCUT2D eigenvalue weighted by atomic mass is 10.0. The predicted molar refractivity (Wildman–Crippen MR) is 61.2 cm³/mol. The molecule has 0 spiro atoms. The number of benzene rings is 1. The van der Waals surface area contributed by atoms with Crippen LogP contribution in [-0.4, -0.2) is 12.5 Å². The van der Waals surface area contributed by atoms with Crippen LogP contribution >= 0.6 is 0 Å². The Bertz CT molecular complexity index is 376. The average molecular weight is 242 g/mol. The number of nitrogens with one attached hydrogen (secondary N) is 1. The van der Waals surface area contributed by atoms with E-state index in [1.54, 1.807) is 0 Å². The molecule has 3 N–H and O–H groups in total. The van der Waals surface area contributed by atoms with Gasteiger partial charge in [-0.2, -0.15) is 0 Å². The molecule has 1 unspecified atom stereocenters. The Labute approximate surface area is 99.0 Å². The third-order valence-corrected chi connectivity index (χ3v) is 2.33. The first kappa shape index (κ1) is 13.6. The number of rotatable bonds is 6. The van der Waals surface area contributed by atoms with Crippen molar-refractivity contribution < 1.29 is 13.6 Å². The Morgan fingerprint density at radius 2 is 1.94 bits per heavy atom. The number of nitrogens with two attached hydrogens (primary N) is 1. The highest BCUT2D eigenvalue weighted by Crippen LogP contribution is 2.19. The Balaban J connectivity index is 2.90. The first-order chi connectivity index (χ1) is 8.02. The molecule has 1 atom stereocenters.